The molecule has 1 aromatic rings. The van der Waals surface area contributed by atoms with Crippen LogP contribution in [-0.2, 0) is 0 Å². The molecule has 0 spiro atoms. The van der Waals surface area contributed by atoms with E-state index in [4.69, 9.17) is 11.5 Å². The SMILES string of the molecule is NC1(N)C=CCC(c2ccccc2)=C1. The third kappa shape index (κ3) is 1.92. The smallest absolute Gasteiger partial charge is 0.103 e. The molecule has 0 atom stereocenters. The Morgan fingerprint density at radius 2 is 1.79 bits per heavy atom. The van der Waals surface area contributed by atoms with Gasteiger partial charge < -0.3 is 11.5 Å². The minimum atomic E-state index is -0.788. The van der Waals surface area contributed by atoms with Gasteiger partial charge in [-0.1, -0.05) is 42.5 Å². The van der Waals surface area contributed by atoms with Gasteiger partial charge in [0.25, 0.3) is 0 Å². The van der Waals surface area contributed by atoms with Crippen LogP contribution in [0.25, 0.3) is 5.57 Å². The van der Waals surface area contributed by atoms with Crippen molar-refractivity contribution in [1.82, 2.24) is 0 Å². The number of allylic oxidation sites excluding steroid dienone is 2. The molecule has 0 saturated carbocycles. The van der Waals surface area contributed by atoms with Crippen molar-refractivity contribution in [3.05, 3.63) is 54.1 Å². The first-order chi connectivity index (χ1) is 6.67. The van der Waals surface area contributed by atoms with Crippen LogP contribution in [0.3, 0.4) is 0 Å². The molecule has 1 aliphatic carbocycles. The molecule has 0 bridgehead atoms. The summed E-state index contributed by atoms with van der Waals surface area (Å²) in [6.45, 7) is 0. The molecule has 0 radical (unpaired) electrons. The zero-order chi connectivity index (χ0) is 10.0. The third-order valence-corrected chi connectivity index (χ3v) is 2.31. The lowest BCUT2D eigenvalue weighted by molar-refractivity contribution is 0.685. The molecule has 0 aromatic heterocycles. The molecule has 4 N–H and O–H groups in total. The van der Waals surface area contributed by atoms with Crippen molar-refractivity contribution >= 4 is 5.57 Å². The highest BCUT2D eigenvalue weighted by atomic mass is 14.9. The maximum Gasteiger partial charge on any atom is 0.103 e. The van der Waals surface area contributed by atoms with Crippen LogP contribution in [0.5, 0.6) is 0 Å². The number of hydrogen-bond donors (Lipinski definition) is 2. The van der Waals surface area contributed by atoms with Gasteiger partial charge in [0.2, 0.25) is 0 Å². The van der Waals surface area contributed by atoms with Gasteiger partial charge in [0.15, 0.2) is 0 Å². The summed E-state index contributed by atoms with van der Waals surface area (Å²) in [4.78, 5) is 0. The second-order valence-electron chi connectivity index (χ2n) is 3.64. The van der Waals surface area contributed by atoms with Crippen molar-refractivity contribution in [1.29, 1.82) is 0 Å². The molecular formula is C12H14N2. The van der Waals surface area contributed by atoms with E-state index in [1.54, 1.807) is 0 Å². The molecule has 0 saturated heterocycles. The average Bonchev–Trinajstić information content (AvgIpc) is 2.18. The minimum Gasteiger partial charge on any atom is -0.307 e. The normalized spacial score (nSPS) is 19.1. The summed E-state index contributed by atoms with van der Waals surface area (Å²) in [7, 11) is 0. The Hall–Kier alpha value is -1.38. The summed E-state index contributed by atoms with van der Waals surface area (Å²) in [6.07, 6.45) is 6.67. The van der Waals surface area contributed by atoms with Gasteiger partial charge in [-0.15, -0.1) is 0 Å². The van der Waals surface area contributed by atoms with Crippen molar-refractivity contribution in [2.75, 3.05) is 0 Å². The summed E-state index contributed by atoms with van der Waals surface area (Å²) < 4.78 is 0. The van der Waals surface area contributed by atoms with Gasteiger partial charge in [0, 0.05) is 0 Å². The highest BCUT2D eigenvalue weighted by molar-refractivity contribution is 5.69. The molecule has 2 nitrogen and oxygen atoms in total. The van der Waals surface area contributed by atoms with E-state index in [1.807, 2.05) is 36.4 Å². The fraction of sp³-hybridized carbons (Fsp3) is 0.167. The summed E-state index contributed by atoms with van der Waals surface area (Å²) in [6, 6.07) is 10.2. The highest BCUT2D eigenvalue weighted by Gasteiger charge is 2.16. The quantitative estimate of drug-likeness (QED) is 0.517. The highest BCUT2D eigenvalue weighted by Crippen LogP contribution is 2.24. The van der Waals surface area contributed by atoms with Crippen molar-refractivity contribution < 1.29 is 0 Å². The Kier molecular flexibility index (Phi) is 2.23. The predicted octanol–water partition coefficient (Wildman–Crippen LogP) is 1.64. The number of benzene rings is 1. The van der Waals surface area contributed by atoms with Crippen molar-refractivity contribution in [2.24, 2.45) is 11.5 Å². The van der Waals surface area contributed by atoms with Crippen LogP contribution in [0.15, 0.2) is 48.6 Å². The minimum absolute atomic E-state index is 0.788. The maximum atomic E-state index is 5.82. The van der Waals surface area contributed by atoms with Crippen LogP contribution in [0.1, 0.15) is 12.0 Å². The molecule has 1 aromatic carbocycles. The van der Waals surface area contributed by atoms with E-state index in [0.29, 0.717) is 0 Å². The summed E-state index contributed by atoms with van der Waals surface area (Å²) in [5.74, 6) is 0. The first-order valence-corrected chi connectivity index (χ1v) is 4.70. The first kappa shape index (κ1) is 9.19. The Morgan fingerprint density at radius 3 is 2.43 bits per heavy atom. The largest absolute Gasteiger partial charge is 0.307 e. The summed E-state index contributed by atoms with van der Waals surface area (Å²) >= 11 is 0. The van der Waals surface area contributed by atoms with Crippen molar-refractivity contribution in [2.45, 2.75) is 12.1 Å². The Bertz CT molecular complexity index is 375. The second-order valence-corrected chi connectivity index (χ2v) is 3.64. The molecule has 2 rings (SSSR count). The van der Waals surface area contributed by atoms with Crippen LogP contribution in [0.2, 0.25) is 0 Å². The van der Waals surface area contributed by atoms with Crippen LogP contribution < -0.4 is 11.5 Å². The molecule has 72 valence electrons. The van der Waals surface area contributed by atoms with Crippen LogP contribution in [0, 0.1) is 0 Å². The predicted molar refractivity (Wildman–Crippen MR) is 59.3 cm³/mol. The number of hydrogen-bond acceptors (Lipinski definition) is 2. The molecular weight excluding hydrogens is 172 g/mol. The Morgan fingerprint density at radius 1 is 1.07 bits per heavy atom. The molecule has 0 fully saturated rings. The molecule has 14 heavy (non-hydrogen) atoms. The standard InChI is InChI=1S/C12H14N2/c13-12(14)8-4-7-11(9-12)10-5-2-1-3-6-10/h1-6,8-9H,7,13-14H2. The first-order valence-electron chi connectivity index (χ1n) is 4.70. The van der Waals surface area contributed by atoms with E-state index >= 15 is 0 Å². The molecule has 0 heterocycles. The van der Waals surface area contributed by atoms with Crippen LogP contribution >= 0.6 is 0 Å². The Labute approximate surface area is 83.9 Å². The lowest BCUT2D eigenvalue weighted by atomic mass is 9.93. The third-order valence-electron chi connectivity index (χ3n) is 2.31. The van der Waals surface area contributed by atoms with Gasteiger partial charge in [0.1, 0.15) is 5.66 Å². The lowest BCUT2D eigenvalue weighted by Crippen LogP contribution is -2.46. The molecule has 2 heteroatoms. The van der Waals surface area contributed by atoms with Crippen LogP contribution in [-0.4, -0.2) is 5.66 Å². The van der Waals surface area contributed by atoms with Crippen molar-refractivity contribution in [3.63, 3.8) is 0 Å². The fourth-order valence-corrected chi connectivity index (χ4v) is 1.65. The maximum absolute atomic E-state index is 5.82. The van der Waals surface area contributed by atoms with Gasteiger partial charge >= 0.3 is 0 Å². The zero-order valence-electron chi connectivity index (χ0n) is 7.98. The molecule has 0 amide bonds. The Balaban J connectivity index is 2.33. The number of nitrogens with two attached hydrogens (primary N) is 2. The molecule has 1 aliphatic rings. The molecule has 0 aliphatic heterocycles. The van der Waals surface area contributed by atoms with Crippen LogP contribution in [0.4, 0.5) is 0 Å². The summed E-state index contributed by atoms with van der Waals surface area (Å²) in [5, 5.41) is 0. The monoisotopic (exact) mass is 186 g/mol. The van der Waals surface area contributed by atoms with Gasteiger partial charge in [-0.05, 0) is 23.6 Å². The van der Waals surface area contributed by atoms with Gasteiger partial charge in [-0.3, -0.25) is 0 Å². The zero-order valence-corrected chi connectivity index (χ0v) is 7.98. The van der Waals surface area contributed by atoms with Gasteiger partial charge in [-0.2, -0.15) is 0 Å². The van der Waals surface area contributed by atoms with Gasteiger partial charge in [0.05, 0.1) is 0 Å². The van der Waals surface area contributed by atoms with E-state index in [9.17, 15) is 0 Å². The lowest BCUT2D eigenvalue weighted by Gasteiger charge is -2.22. The van der Waals surface area contributed by atoms with E-state index < -0.39 is 5.66 Å². The fourth-order valence-electron chi connectivity index (χ4n) is 1.65. The van der Waals surface area contributed by atoms with Crippen molar-refractivity contribution in [3.8, 4) is 0 Å². The van der Waals surface area contributed by atoms with E-state index in [-0.39, 0.29) is 0 Å². The van der Waals surface area contributed by atoms with E-state index in [1.165, 1.54) is 11.1 Å². The van der Waals surface area contributed by atoms with E-state index in [0.717, 1.165) is 6.42 Å². The summed E-state index contributed by atoms with van der Waals surface area (Å²) in [5.41, 5.74) is 13.2. The van der Waals surface area contributed by atoms with Gasteiger partial charge in [-0.25, -0.2) is 0 Å². The second kappa shape index (κ2) is 3.40. The average molecular weight is 186 g/mol. The molecule has 0 unspecified atom stereocenters. The number of rotatable bonds is 1. The topological polar surface area (TPSA) is 52.0 Å². The van der Waals surface area contributed by atoms with E-state index in [2.05, 4.69) is 12.1 Å².